The van der Waals surface area contributed by atoms with Gasteiger partial charge in [0.1, 0.15) is 0 Å². The standard InChI is InChI=1S/C11H19NO4S/c1-2-8-17(15,16)12-9-11(10(13)14)6-4-3-5-7-11/h2,12H,1,3-9H2,(H,13,14). The molecular weight excluding hydrogens is 242 g/mol. The first-order chi connectivity index (χ1) is 7.92. The van der Waals surface area contributed by atoms with Gasteiger partial charge in [0.05, 0.1) is 11.2 Å². The highest BCUT2D eigenvalue weighted by molar-refractivity contribution is 7.89. The minimum absolute atomic E-state index is 0.0154. The van der Waals surface area contributed by atoms with Crippen molar-refractivity contribution in [3.63, 3.8) is 0 Å². The lowest BCUT2D eigenvalue weighted by Gasteiger charge is -2.33. The molecule has 1 aliphatic rings. The van der Waals surface area contributed by atoms with Crippen LogP contribution in [0, 0.1) is 5.41 Å². The number of carboxylic acids is 1. The zero-order valence-electron chi connectivity index (χ0n) is 9.81. The molecule has 0 spiro atoms. The fourth-order valence-electron chi connectivity index (χ4n) is 2.16. The van der Waals surface area contributed by atoms with Crippen molar-refractivity contribution in [2.75, 3.05) is 12.3 Å². The molecule has 0 amide bonds. The maximum absolute atomic E-state index is 11.5. The molecule has 0 aromatic heterocycles. The van der Waals surface area contributed by atoms with Crippen molar-refractivity contribution in [3.8, 4) is 0 Å². The summed E-state index contributed by atoms with van der Waals surface area (Å²) in [6.45, 7) is 3.34. The van der Waals surface area contributed by atoms with Gasteiger partial charge in [-0.2, -0.15) is 0 Å². The Morgan fingerprint density at radius 2 is 1.94 bits per heavy atom. The Labute approximate surface area is 102 Å². The third kappa shape index (κ3) is 3.81. The molecule has 1 aliphatic carbocycles. The molecular formula is C11H19NO4S. The van der Waals surface area contributed by atoms with Gasteiger partial charge < -0.3 is 5.11 Å². The summed E-state index contributed by atoms with van der Waals surface area (Å²) in [7, 11) is -3.43. The van der Waals surface area contributed by atoms with Gasteiger partial charge in [0.25, 0.3) is 0 Å². The lowest BCUT2D eigenvalue weighted by molar-refractivity contribution is -0.150. The summed E-state index contributed by atoms with van der Waals surface area (Å²) in [4.78, 5) is 11.3. The van der Waals surface area contributed by atoms with Crippen LogP contribution in [0.15, 0.2) is 12.7 Å². The van der Waals surface area contributed by atoms with E-state index in [-0.39, 0.29) is 12.3 Å². The summed E-state index contributed by atoms with van der Waals surface area (Å²) in [6, 6.07) is 0. The summed E-state index contributed by atoms with van der Waals surface area (Å²) in [6.07, 6.45) is 5.08. The van der Waals surface area contributed by atoms with E-state index in [0.717, 1.165) is 19.3 Å². The Kier molecular flexibility index (Phi) is 4.70. The largest absolute Gasteiger partial charge is 0.481 e. The van der Waals surface area contributed by atoms with Crippen LogP contribution >= 0.6 is 0 Å². The Bertz CT molecular complexity index is 382. The molecule has 98 valence electrons. The first-order valence-electron chi connectivity index (χ1n) is 5.73. The maximum atomic E-state index is 11.5. The predicted molar refractivity (Wildman–Crippen MR) is 65.1 cm³/mol. The third-order valence-electron chi connectivity index (χ3n) is 3.23. The van der Waals surface area contributed by atoms with Gasteiger partial charge in [0.15, 0.2) is 0 Å². The molecule has 0 aromatic carbocycles. The molecule has 0 aromatic rings. The van der Waals surface area contributed by atoms with Gasteiger partial charge in [-0.1, -0.05) is 25.3 Å². The van der Waals surface area contributed by atoms with Gasteiger partial charge in [0, 0.05) is 6.54 Å². The van der Waals surface area contributed by atoms with Crippen LogP contribution < -0.4 is 4.72 Å². The van der Waals surface area contributed by atoms with E-state index in [4.69, 9.17) is 0 Å². The number of rotatable bonds is 6. The number of sulfonamides is 1. The van der Waals surface area contributed by atoms with Crippen LogP contribution in [0.3, 0.4) is 0 Å². The average molecular weight is 261 g/mol. The Balaban J connectivity index is 2.68. The second-order valence-corrected chi connectivity index (χ2v) is 6.39. The van der Waals surface area contributed by atoms with Crippen LogP contribution in [0.1, 0.15) is 32.1 Å². The first-order valence-corrected chi connectivity index (χ1v) is 7.39. The zero-order chi connectivity index (χ0) is 12.9. The summed E-state index contributed by atoms with van der Waals surface area (Å²) in [5.74, 6) is -1.08. The number of hydrogen-bond acceptors (Lipinski definition) is 3. The molecule has 1 fully saturated rings. The summed E-state index contributed by atoms with van der Waals surface area (Å²) in [5, 5.41) is 9.26. The number of carbonyl (C=O) groups is 1. The van der Waals surface area contributed by atoms with Crippen molar-refractivity contribution in [1.29, 1.82) is 0 Å². The summed E-state index contributed by atoms with van der Waals surface area (Å²) in [5.41, 5.74) is -0.924. The second-order valence-electron chi connectivity index (χ2n) is 4.54. The molecule has 0 heterocycles. The fraction of sp³-hybridized carbons (Fsp3) is 0.727. The Hall–Kier alpha value is -0.880. The van der Waals surface area contributed by atoms with Crippen molar-refractivity contribution in [2.24, 2.45) is 5.41 Å². The average Bonchev–Trinajstić information content (AvgIpc) is 2.28. The molecule has 6 heteroatoms. The molecule has 0 saturated heterocycles. The molecule has 1 rings (SSSR count). The van der Waals surface area contributed by atoms with Gasteiger partial charge in [-0.15, -0.1) is 6.58 Å². The molecule has 5 nitrogen and oxygen atoms in total. The van der Waals surface area contributed by atoms with E-state index in [9.17, 15) is 18.3 Å². The van der Waals surface area contributed by atoms with Crippen molar-refractivity contribution >= 4 is 16.0 Å². The van der Waals surface area contributed by atoms with Crippen LogP contribution in [0.5, 0.6) is 0 Å². The van der Waals surface area contributed by atoms with Crippen LogP contribution in [0.2, 0.25) is 0 Å². The molecule has 0 unspecified atom stereocenters. The first kappa shape index (κ1) is 14.2. The Morgan fingerprint density at radius 3 is 2.41 bits per heavy atom. The highest BCUT2D eigenvalue weighted by Gasteiger charge is 2.40. The molecule has 0 atom stereocenters. The van der Waals surface area contributed by atoms with Crippen molar-refractivity contribution in [2.45, 2.75) is 32.1 Å². The van der Waals surface area contributed by atoms with Crippen molar-refractivity contribution < 1.29 is 18.3 Å². The van der Waals surface area contributed by atoms with E-state index in [1.54, 1.807) is 0 Å². The molecule has 0 aliphatic heterocycles. The van der Waals surface area contributed by atoms with Crippen molar-refractivity contribution in [3.05, 3.63) is 12.7 Å². The van der Waals surface area contributed by atoms with Gasteiger partial charge in [-0.3, -0.25) is 4.79 Å². The molecule has 1 saturated carbocycles. The number of aliphatic carboxylic acids is 1. The molecule has 0 radical (unpaired) electrons. The molecule has 17 heavy (non-hydrogen) atoms. The quantitative estimate of drug-likeness (QED) is 0.702. The number of hydrogen-bond donors (Lipinski definition) is 2. The van der Waals surface area contributed by atoms with Crippen LogP contribution in [0.4, 0.5) is 0 Å². The smallest absolute Gasteiger partial charge is 0.310 e. The van der Waals surface area contributed by atoms with Crippen LogP contribution in [-0.4, -0.2) is 31.8 Å². The van der Waals surface area contributed by atoms with E-state index in [0.29, 0.717) is 12.8 Å². The minimum Gasteiger partial charge on any atom is -0.481 e. The summed E-state index contributed by atoms with van der Waals surface area (Å²) < 4.78 is 25.3. The monoisotopic (exact) mass is 261 g/mol. The predicted octanol–water partition coefficient (Wildman–Crippen LogP) is 1.13. The van der Waals surface area contributed by atoms with E-state index < -0.39 is 21.4 Å². The van der Waals surface area contributed by atoms with Gasteiger partial charge in [0.2, 0.25) is 10.0 Å². The Morgan fingerprint density at radius 1 is 1.35 bits per heavy atom. The van der Waals surface area contributed by atoms with Crippen molar-refractivity contribution in [1.82, 2.24) is 4.72 Å². The zero-order valence-corrected chi connectivity index (χ0v) is 10.6. The van der Waals surface area contributed by atoms with Crippen LogP contribution in [0.25, 0.3) is 0 Å². The van der Waals surface area contributed by atoms with Gasteiger partial charge >= 0.3 is 5.97 Å². The number of nitrogens with one attached hydrogen (secondary N) is 1. The van der Waals surface area contributed by atoms with E-state index in [1.165, 1.54) is 6.08 Å². The number of carboxylic acid groups (broad SMARTS) is 1. The van der Waals surface area contributed by atoms with Gasteiger partial charge in [-0.25, -0.2) is 13.1 Å². The highest BCUT2D eigenvalue weighted by atomic mass is 32.2. The van der Waals surface area contributed by atoms with E-state index in [2.05, 4.69) is 11.3 Å². The van der Waals surface area contributed by atoms with Gasteiger partial charge in [-0.05, 0) is 12.8 Å². The molecule has 0 bridgehead atoms. The van der Waals surface area contributed by atoms with Crippen LogP contribution in [-0.2, 0) is 14.8 Å². The second kappa shape index (κ2) is 5.64. The minimum atomic E-state index is -3.43. The normalized spacial score (nSPS) is 19.8. The lowest BCUT2D eigenvalue weighted by Crippen LogP contribution is -2.44. The lowest BCUT2D eigenvalue weighted by atomic mass is 9.74. The topological polar surface area (TPSA) is 83.5 Å². The maximum Gasteiger partial charge on any atom is 0.310 e. The SMILES string of the molecule is C=CCS(=O)(=O)NCC1(C(=O)O)CCCCC1. The summed E-state index contributed by atoms with van der Waals surface area (Å²) >= 11 is 0. The van der Waals surface area contributed by atoms with E-state index >= 15 is 0 Å². The highest BCUT2D eigenvalue weighted by Crippen LogP contribution is 2.36. The van der Waals surface area contributed by atoms with E-state index in [1.807, 2.05) is 0 Å². The molecule has 2 N–H and O–H groups in total. The fourth-order valence-corrected chi connectivity index (χ4v) is 3.08. The third-order valence-corrected chi connectivity index (χ3v) is 4.49.